The number of hydrogen-bond donors (Lipinski definition) is 0. The predicted molar refractivity (Wildman–Crippen MR) is 57.4 cm³/mol. The van der Waals surface area contributed by atoms with E-state index in [0.29, 0.717) is 0 Å². The Morgan fingerprint density at radius 3 is 2.42 bits per heavy atom. The molecule has 0 aliphatic rings. The smallest absolute Gasteiger partial charge is 0.0323 e. The van der Waals surface area contributed by atoms with Crippen LogP contribution in [0.2, 0.25) is 0 Å². The lowest BCUT2D eigenvalue weighted by Crippen LogP contribution is -1.85. The monoisotopic (exact) mass is 168 g/mol. The van der Waals surface area contributed by atoms with E-state index in [4.69, 9.17) is 0 Å². The van der Waals surface area contributed by atoms with Crippen LogP contribution in [0.5, 0.6) is 0 Å². The van der Waals surface area contributed by atoms with Crippen LogP contribution in [0.3, 0.4) is 0 Å². The molecule has 0 radical (unpaired) electrons. The highest BCUT2D eigenvalue weighted by Gasteiger charge is 1.92. The van der Waals surface area contributed by atoms with Crippen LogP contribution in [0.15, 0.2) is 11.6 Å². The zero-order valence-corrected chi connectivity index (χ0v) is 9.19. The van der Waals surface area contributed by atoms with E-state index in [9.17, 15) is 0 Å². The number of allylic oxidation sites excluding steroid dienone is 2. The molecule has 0 N–H and O–H groups in total. The van der Waals surface area contributed by atoms with Gasteiger partial charge in [-0.1, -0.05) is 45.3 Å². The normalized spacial score (nSPS) is 12.6. The molecule has 0 nitrogen and oxygen atoms in total. The van der Waals surface area contributed by atoms with E-state index in [-0.39, 0.29) is 0 Å². The molecule has 0 spiro atoms. The maximum Gasteiger partial charge on any atom is -0.0323 e. The van der Waals surface area contributed by atoms with Crippen LogP contribution in [0.4, 0.5) is 0 Å². The van der Waals surface area contributed by atoms with Crippen LogP contribution in [0.1, 0.15) is 59.8 Å². The topological polar surface area (TPSA) is 0 Å². The molecular formula is C12H24. The summed E-state index contributed by atoms with van der Waals surface area (Å²) in [6, 6.07) is 0. The van der Waals surface area contributed by atoms with Gasteiger partial charge < -0.3 is 0 Å². The van der Waals surface area contributed by atoms with Gasteiger partial charge in [-0.2, -0.15) is 0 Å². The molecule has 0 bridgehead atoms. The fraction of sp³-hybridized carbons (Fsp3) is 0.833. The first-order chi connectivity index (χ1) is 5.66. The lowest BCUT2D eigenvalue weighted by atomic mass is 10.0. The second-order valence-electron chi connectivity index (χ2n) is 4.14. The standard InChI is InChI=1S/C12H24/c1-5-6-7-8-12(4)10-9-11(2)3/h10-11H,5-9H2,1-4H3/b12-10-. The first-order valence-electron chi connectivity index (χ1n) is 5.32. The predicted octanol–water partition coefficient (Wildman–Crippen LogP) is 4.56. The highest BCUT2D eigenvalue weighted by molar-refractivity contribution is 4.97. The third-order valence-corrected chi connectivity index (χ3v) is 2.11. The minimum Gasteiger partial charge on any atom is -0.0854 e. The molecule has 0 atom stereocenters. The van der Waals surface area contributed by atoms with Gasteiger partial charge in [0.25, 0.3) is 0 Å². The van der Waals surface area contributed by atoms with Gasteiger partial charge in [0, 0.05) is 0 Å². The summed E-state index contributed by atoms with van der Waals surface area (Å²) in [7, 11) is 0. The van der Waals surface area contributed by atoms with Crippen LogP contribution in [-0.2, 0) is 0 Å². The Hall–Kier alpha value is -0.260. The fourth-order valence-corrected chi connectivity index (χ4v) is 1.19. The van der Waals surface area contributed by atoms with E-state index in [0.717, 1.165) is 5.92 Å². The zero-order valence-electron chi connectivity index (χ0n) is 9.19. The summed E-state index contributed by atoms with van der Waals surface area (Å²) in [4.78, 5) is 0. The largest absolute Gasteiger partial charge is 0.0854 e. The van der Waals surface area contributed by atoms with Crippen molar-refractivity contribution in [3.63, 3.8) is 0 Å². The van der Waals surface area contributed by atoms with Crippen molar-refractivity contribution in [2.75, 3.05) is 0 Å². The first kappa shape index (κ1) is 11.7. The Kier molecular flexibility index (Phi) is 7.23. The summed E-state index contributed by atoms with van der Waals surface area (Å²) in [5.41, 5.74) is 1.58. The second-order valence-corrected chi connectivity index (χ2v) is 4.14. The van der Waals surface area contributed by atoms with Crippen molar-refractivity contribution < 1.29 is 0 Å². The van der Waals surface area contributed by atoms with Crippen molar-refractivity contribution in [2.24, 2.45) is 5.92 Å². The van der Waals surface area contributed by atoms with Crippen LogP contribution in [0, 0.1) is 5.92 Å². The Bertz CT molecular complexity index is 120. The molecule has 0 aromatic carbocycles. The minimum atomic E-state index is 0.811. The summed E-state index contributed by atoms with van der Waals surface area (Å²) in [5.74, 6) is 0.811. The average molecular weight is 168 g/mol. The molecule has 0 rings (SSSR count). The molecule has 0 aliphatic heterocycles. The molecule has 0 aromatic heterocycles. The van der Waals surface area contributed by atoms with E-state index in [2.05, 4.69) is 33.8 Å². The van der Waals surface area contributed by atoms with Gasteiger partial charge in [0.05, 0.1) is 0 Å². The van der Waals surface area contributed by atoms with Gasteiger partial charge in [0.1, 0.15) is 0 Å². The second kappa shape index (κ2) is 7.39. The van der Waals surface area contributed by atoms with E-state index in [1.165, 1.54) is 32.1 Å². The molecule has 0 fully saturated rings. The SMILES string of the molecule is CCCCC/C(C)=C\CC(C)C. The van der Waals surface area contributed by atoms with Gasteiger partial charge in [0.15, 0.2) is 0 Å². The summed E-state index contributed by atoms with van der Waals surface area (Å²) >= 11 is 0. The van der Waals surface area contributed by atoms with Crippen LogP contribution in [-0.4, -0.2) is 0 Å². The number of rotatable bonds is 6. The highest BCUT2D eigenvalue weighted by Crippen LogP contribution is 2.11. The van der Waals surface area contributed by atoms with Crippen LogP contribution >= 0.6 is 0 Å². The number of unbranched alkanes of at least 4 members (excludes halogenated alkanes) is 2. The lowest BCUT2D eigenvalue weighted by molar-refractivity contribution is 0.654. The highest BCUT2D eigenvalue weighted by atomic mass is 14.0. The molecule has 0 aliphatic carbocycles. The van der Waals surface area contributed by atoms with Crippen molar-refractivity contribution in [3.05, 3.63) is 11.6 Å². The van der Waals surface area contributed by atoms with Crippen molar-refractivity contribution in [2.45, 2.75) is 59.8 Å². The third kappa shape index (κ3) is 7.84. The van der Waals surface area contributed by atoms with E-state index < -0.39 is 0 Å². The summed E-state index contributed by atoms with van der Waals surface area (Å²) in [6.45, 7) is 9.07. The van der Waals surface area contributed by atoms with E-state index >= 15 is 0 Å². The fourth-order valence-electron chi connectivity index (χ4n) is 1.19. The average Bonchev–Trinajstić information content (AvgIpc) is 2.01. The summed E-state index contributed by atoms with van der Waals surface area (Å²) in [5, 5.41) is 0. The van der Waals surface area contributed by atoms with E-state index in [1.54, 1.807) is 5.57 Å². The van der Waals surface area contributed by atoms with Crippen molar-refractivity contribution in [1.29, 1.82) is 0 Å². The minimum absolute atomic E-state index is 0.811. The van der Waals surface area contributed by atoms with Gasteiger partial charge in [-0.3, -0.25) is 0 Å². The number of hydrogen-bond acceptors (Lipinski definition) is 0. The molecule has 0 saturated carbocycles. The maximum absolute atomic E-state index is 2.40. The molecular weight excluding hydrogens is 144 g/mol. The van der Waals surface area contributed by atoms with Crippen molar-refractivity contribution in [3.8, 4) is 0 Å². The summed E-state index contributed by atoms with van der Waals surface area (Å²) < 4.78 is 0. The molecule has 0 heterocycles. The van der Waals surface area contributed by atoms with Gasteiger partial charge >= 0.3 is 0 Å². The quantitative estimate of drug-likeness (QED) is 0.403. The first-order valence-corrected chi connectivity index (χ1v) is 5.32. The Morgan fingerprint density at radius 1 is 1.25 bits per heavy atom. The van der Waals surface area contributed by atoms with Gasteiger partial charge in [-0.05, 0) is 32.1 Å². The summed E-state index contributed by atoms with van der Waals surface area (Å²) in [6.07, 6.45) is 9.04. The van der Waals surface area contributed by atoms with Crippen molar-refractivity contribution >= 4 is 0 Å². The van der Waals surface area contributed by atoms with Gasteiger partial charge in [-0.25, -0.2) is 0 Å². The molecule has 72 valence electrons. The zero-order chi connectivity index (χ0) is 9.40. The molecule has 0 heteroatoms. The molecule has 0 amide bonds. The van der Waals surface area contributed by atoms with E-state index in [1.807, 2.05) is 0 Å². The Labute approximate surface area is 78.1 Å². The molecule has 12 heavy (non-hydrogen) atoms. The molecule has 0 aromatic rings. The van der Waals surface area contributed by atoms with Gasteiger partial charge in [0.2, 0.25) is 0 Å². The maximum atomic E-state index is 2.40. The Morgan fingerprint density at radius 2 is 1.92 bits per heavy atom. The lowest BCUT2D eigenvalue weighted by Gasteiger charge is -2.02. The van der Waals surface area contributed by atoms with Crippen LogP contribution < -0.4 is 0 Å². The van der Waals surface area contributed by atoms with Crippen LogP contribution in [0.25, 0.3) is 0 Å². The molecule has 0 unspecified atom stereocenters. The van der Waals surface area contributed by atoms with Gasteiger partial charge in [-0.15, -0.1) is 0 Å². The third-order valence-electron chi connectivity index (χ3n) is 2.11. The Balaban J connectivity index is 3.42. The molecule has 0 saturated heterocycles. The van der Waals surface area contributed by atoms with Crippen molar-refractivity contribution in [1.82, 2.24) is 0 Å².